The highest BCUT2D eigenvalue weighted by molar-refractivity contribution is 5.78. The third-order valence-corrected chi connectivity index (χ3v) is 3.57. The molecule has 1 rings (SSSR count). The van der Waals surface area contributed by atoms with Crippen molar-refractivity contribution < 1.29 is 9.90 Å². The quantitative estimate of drug-likeness (QED) is 0.776. The van der Waals surface area contributed by atoms with Gasteiger partial charge in [-0.05, 0) is 46.2 Å². The van der Waals surface area contributed by atoms with E-state index in [4.69, 9.17) is 0 Å². The van der Waals surface area contributed by atoms with Crippen molar-refractivity contribution in [3.8, 4) is 0 Å². The van der Waals surface area contributed by atoms with Crippen LogP contribution in [0.5, 0.6) is 0 Å². The van der Waals surface area contributed by atoms with E-state index in [0.717, 1.165) is 24.4 Å². The van der Waals surface area contributed by atoms with Crippen LogP contribution in [0.15, 0.2) is 6.07 Å². The van der Waals surface area contributed by atoms with Gasteiger partial charge in [-0.15, -0.1) is 0 Å². The summed E-state index contributed by atoms with van der Waals surface area (Å²) in [5.41, 5.74) is 1.31. The molecule has 0 aliphatic rings. The fraction of sp³-hybridized carbons (Fsp3) is 0.692. The van der Waals surface area contributed by atoms with Crippen molar-refractivity contribution in [3.63, 3.8) is 0 Å². The SMILES string of the molecule is CCC(CCCn1nc(C)cc1C)(NC)C(=O)O. The Kier molecular flexibility index (Phi) is 4.90. The smallest absolute Gasteiger partial charge is 0.323 e. The number of aryl methyl sites for hydroxylation is 3. The summed E-state index contributed by atoms with van der Waals surface area (Å²) in [6.07, 6.45) is 1.98. The summed E-state index contributed by atoms with van der Waals surface area (Å²) < 4.78 is 1.94. The van der Waals surface area contributed by atoms with Crippen LogP contribution in [0.1, 0.15) is 37.6 Å². The van der Waals surface area contributed by atoms with E-state index in [9.17, 15) is 9.90 Å². The van der Waals surface area contributed by atoms with Crippen LogP contribution in [-0.4, -0.2) is 33.4 Å². The van der Waals surface area contributed by atoms with Gasteiger partial charge in [0, 0.05) is 12.2 Å². The molecule has 0 radical (unpaired) electrons. The molecule has 5 nitrogen and oxygen atoms in total. The third kappa shape index (κ3) is 3.10. The van der Waals surface area contributed by atoms with E-state index in [-0.39, 0.29) is 0 Å². The van der Waals surface area contributed by atoms with Crippen molar-refractivity contribution in [2.45, 2.75) is 52.1 Å². The summed E-state index contributed by atoms with van der Waals surface area (Å²) >= 11 is 0. The maximum absolute atomic E-state index is 11.3. The fourth-order valence-electron chi connectivity index (χ4n) is 2.28. The Labute approximate surface area is 108 Å². The monoisotopic (exact) mass is 253 g/mol. The second-order valence-electron chi connectivity index (χ2n) is 4.74. The molecule has 0 fully saturated rings. The molecule has 0 spiro atoms. The predicted octanol–water partition coefficient (Wildman–Crippen LogP) is 1.73. The Balaban J connectivity index is 2.59. The molecule has 0 aliphatic heterocycles. The highest BCUT2D eigenvalue weighted by Gasteiger charge is 2.34. The molecular weight excluding hydrogens is 230 g/mol. The molecule has 102 valence electrons. The van der Waals surface area contributed by atoms with Gasteiger partial charge in [-0.1, -0.05) is 6.92 Å². The number of carbonyl (C=O) groups is 1. The average Bonchev–Trinajstić information content (AvgIpc) is 2.63. The Bertz CT molecular complexity index is 408. The number of rotatable bonds is 7. The van der Waals surface area contributed by atoms with Crippen LogP contribution >= 0.6 is 0 Å². The standard InChI is InChI=1S/C13H23N3O2/c1-5-13(14-4,12(17)18)7-6-8-16-11(3)9-10(2)15-16/h9,14H,5-8H2,1-4H3,(H,17,18). The second-order valence-corrected chi connectivity index (χ2v) is 4.74. The third-order valence-electron chi connectivity index (χ3n) is 3.57. The molecule has 1 aromatic heterocycles. The van der Waals surface area contributed by atoms with Gasteiger partial charge in [0.05, 0.1) is 5.69 Å². The molecule has 0 saturated carbocycles. The van der Waals surface area contributed by atoms with Crippen LogP contribution in [0.2, 0.25) is 0 Å². The molecule has 0 aromatic carbocycles. The number of nitrogens with one attached hydrogen (secondary N) is 1. The normalized spacial score (nSPS) is 14.4. The molecule has 0 bridgehead atoms. The van der Waals surface area contributed by atoms with Crippen molar-refractivity contribution in [1.29, 1.82) is 0 Å². The highest BCUT2D eigenvalue weighted by atomic mass is 16.4. The average molecular weight is 253 g/mol. The fourth-order valence-corrected chi connectivity index (χ4v) is 2.28. The molecule has 1 unspecified atom stereocenters. The zero-order chi connectivity index (χ0) is 13.8. The number of aromatic nitrogens is 2. The van der Waals surface area contributed by atoms with E-state index < -0.39 is 11.5 Å². The van der Waals surface area contributed by atoms with Crippen LogP contribution in [0.4, 0.5) is 0 Å². The van der Waals surface area contributed by atoms with E-state index >= 15 is 0 Å². The van der Waals surface area contributed by atoms with Crippen LogP contribution in [0.25, 0.3) is 0 Å². The predicted molar refractivity (Wildman–Crippen MR) is 70.7 cm³/mol. The lowest BCUT2D eigenvalue weighted by Gasteiger charge is -2.27. The molecular formula is C13H23N3O2. The highest BCUT2D eigenvalue weighted by Crippen LogP contribution is 2.18. The minimum absolute atomic E-state index is 0.579. The maximum Gasteiger partial charge on any atom is 0.323 e. The van der Waals surface area contributed by atoms with Gasteiger partial charge in [-0.25, -0.2) is 0 Å². The summed E-state index contributed by atoms with van der Waals surface area (Å²) in [6.45, 7) is 6.64. The van der Waals surface area contributed by atoms with Gasteiger partial charge < -0.3 is 10.4 Å². The Morgan fingerprint density at radius 3 is 2.61 bits per heavy atom. The first-order valence-corrected chi connectivity index (χ1v) is 6.38. The number of aliphatic carboxylic acids is 1. The summed E-state index contributed by atoms with van der Waals surface area (Å²) in [7, 11) is 1.71. The number of carboxylic acids is 1. The van der Waals surface area contributed by atoms with E-state index in [1.54, 1.807) is 7.05 Å². The van der Waals surface area contributed by atoms with Gasteiger partial charge in [0.25, 0.3) is 0 Å². The van der Waals surface area contributed by atoms with Crippen molar-refractivity contribution in [3.05, 3.63) is 17.5 Å². The van der Waals surface area contributed by atoms with Gasteiger partial charge in [-0.2, -0.15) is 5.10 Å². The summed E-state index contributed by atoms with van der Waals surface area (Å²) in [5.74, 6) is -0.777. The van der Waals surface area contributed by atoms with Gasteiger partial charge in [0.15, 0.2) is 0 Å². The number of hydrogen-bond acceptors (Lipinski definition) is 3. The van der Waals surface area contributed by atoms with Crippen molar-refractivity contribution in [2.24, 2.45) is 0 Å². The van der Waals surface area contributed by atoms with E-state index in [1.807, 2.05) is 31.5 Å². The molecule has 0 amide bonds. The van der Waals surface area contributed by atoms with Gasteiger partial charge >= 0.3 is 5.97 Å². The number of likely N-dealkylation sites (N-methyl/N-ethyl adjacent to an activating group) is 1. The number of carboxylic acid groups (broad SMARTS) is 1. The minimum Gasteiger partial charge on any atom is -0.480 e. The first-order valence-electron chi connectivity index (χ1n) is 6.38. The molecule has 2 N–H and O–H groups in total. The largest absolute Gasteiger partial charge is 0.480 e. The lowest BCUT2D eigenvalue weighted by molar-refractivity contribution is -0.145. The van der Waals surface area contributed by atoms with E-state index in [0.29, 0.717) is 12.8 Å². The lowest BCUT2D eigenvalue weighted by Crippen LogP contribution is -2.49. The first kappa shape index (κ1) is 14.7. The van der Waals surface area contributed by atoms with Crippen LogP contribution < -0.4 is 5.32 Å². The van der Waals surface area contributed by atoms with Crippen LogP contribution in [-0.2, 0) is 11.3 Å². The Morgan fingerprint density at radius 2 is 2.22 bits per heavy atom. The van der Waals surface area contributed by atoms with Gasteiger partial charge in [-0.3, -0.25) is 9.48 Å². The van der Waals surface area contributed by atoms with Crippen molar-refractivity contribution >= 4 is 5.97 Å². The molecule has 1 heterocycles. The molecule has 18 heavy (non-hydrogen) atoms. The van der Waals surface area contributed by atoms with E-state index in [2.05, 4.69) is 10.4 Å². The van der Waals surface area contributed by atoms with Crippen LogP contribution in [0, 0.1) is 13.8 Å². The zero-order valence-corrected chi connectivity index (χ0v) is 11.7. The Hall–Kier alpha value is -1.36. The summed E-state index contributed by atoms with van der Waals surface area (Å²) in [5, 5.41) is 16.6. The minimum atomic E-state index is -0.809. The summed E-state index contributed by atoms with van der Waals surface area (Å²) in [4.78, 5) is 11.3. The number of hydrogen-bond donors (Lipinski definition) is 2. The maximum atomic E-state index is 11.3. The second kappa shape index (κ2) is 6.00. The van der Waals surface area contributed by atoms with Gasteiger partial charge in [0.1, 0.15) is 5.54 Å². The summed E-state index contributed by atoms with van der Waals surface area (Å²) in [6, 6.07) is 2.03. The molecule has 0 saturated heterocycles. The number of nitrogens with zero attached hydrogens (tertiary/aromatic N) is 2. The van der Waals surface area contributed by atoms with Gasteiger partial charge in [0.2, 0.25) is 0 Å². The lowest BCUT2D eigenvalue weighted by atomic mass is 9.90. The zero-order valence-electron chi connectivity index (χ0n) is 11.7. The van der Waals surface area contributed by atoms with Crippen molar-refractivity contribution in [2.75, 3.05) is 7.05 Å². The first-order chi connectivity index (χ1) is 8.45. The molecule has 0 aliphatic carbocycles. The van der Waals surface area contributed by atoms with E-state index in [1.165, 1.54) is 0 Å². The molecule has 1 atom stereocenters. The Morgan fingerprint density at radius 1 is 1.56 bits per heavy atom. The van der Waals surface area contributed by atoms with Crippen LogP contribution in [0.3, 0.4) is 0 Å². The molecule has 5 heteroatoms. The molecule has 1 aromatic rings. The topological polar surface area (TPSA) is 67.2 Å². The van der Waals surface area contributed by atoms with Crippen molar-refractivity contribution in [1.82, 2.24) is 15.1 Å².